The molecule has 1 N–H and O–H groups in total. The molecule has 0 bridgehead atoms. The molecule has 0 aromatic heterocycles. The number of carboxylic acid groups (broad SMARTS) is 1. The first kappa shape index (κ1) is 14.0. The summed E-state index contributed by atoms with van der Waals surface area (Å²) in [5.74, 6) is -1.08. The van der Waals surface area contributed by atoms with Crippen molar-refractivity contribution >= 4 is 23.4 Å². The Labute approximate surface area is 116 Å². The molecular weight excluding hydrogens is 260 g/mol. The molecule has 6 heteroatoms. The van der Waals surface area contributed by atoms with Crippen molar-refractivity contribution in [2.45, 2.75) is 25.3 Å². The number of hydrogen-bond acceptors (Lipinski definition) is 4. The molecule has 1 aliphatic carbocycles. The third-order valence-electron chi connectivity index (χ3n) is 3.63. The summed E-state index contributed by atoms with van der Waals surface area (Å²) in [6, 6.07) is 4.96. The molecule has 0 heterocycles. The summed E-state index contributed by atoms with van der Waals surface area (Å²) >= 11 is 0. The summed E-state index contributed by atoms with van der Waals surface area (Å²) in [4.78, 5) is 23.0. The molecule has 0 spiro atoms. The predicted octanol–water partition coefficient (Wildman–Crippen LogP) is 2.68. The highest BCUT2D eigenvalue weighted by Gasteiger charge is 2.24. The number of nitrogens with zero attached hydrogens (tertiary/aromatic N) is 2. The Morgan fingerprint density at radius 3 is 2.70 bits per heavy atom. The number of carboxylic acids is 1. The molecule has 0 saturated heterocycles. The van der Waals surface area contributed by atoms with Crippen molar-refractivity contribution in [1.29, 1.82) is 0 Å². The summed E-state index contributed by atoms with van der Waals surface area (Å²) in [5, 5.41) is 19.5. The van der Waals surface area contributed by atoms with E-state index in [4.69, 9.17) is 5.11 Å². The molecule has 1 saturated carbocycles. The Morgan fingerprint density at radius 2 is 2.20 bits per heavy atom. The average Bonchev–Trinajstić information content (AvgIpc) is 2.33. The van der Waals surface area contributed by atoms with Gasteiger partial charge in [-0.3, -0.25) is 10.1 Å². The van der Waals surface area contributed by atoms with Crippen LogP contribution in [0, 0.1) is 10.1 Å². The Morgan fingerprint density at radius 1 is 1.50 bits per heavy atom. The van der Waals surface area contributed by atoms with Crippen molar-refractivity contribution in [2.75, 3.05) is 11.9 Å². The summed E-state index contributed by atoms with van der Waals surface area (Å²) in [7, 11) is 1.93. The standard InChI is InChI=1S/C14H16N2O4/c1-15(11-3-2-4-11)13-7-6-12(16(19)20)9-10(13)5-8-14(17)18/h5-9,11H,2-4H2,1H3,(H,17,18)/b8-5+. The minimum atomic E-state index is -1.08. The fourth-order valence-corrected chi connectivity index (χ4v) is 2.24. The summed E-state index contributed by atoms with van der Waals surface area (Å²) in [6.45, 7) is 0. The summed E-state index contributed by atoms with van der Waals surface area (Å²) in [6.07, 6.45) is 5.77. The lowest BCUT2D eigenvalue weighted by atomic mass is 9.91. The van der Waals surface area contributed by atoms with Crippen LogP contribution in [0.2, 0.25) is 0 Å². The first-order valence-electron chi connectivity index (χ1n) is 6.41. The molecule has 0 atom stereocenters. The van der Waals surface area contributed by atoms with E-state index in [0.29, 0.717) is 11.6 Å². The van der Waals surface area contributed by atoms with Crippen LogP contribution < -0.4 is 4.90 Å². The quantitative estimate of drug-likeness (QED) is 0.508. The minimum absolute atomic E-state index is 0.0409. The number of nitro benzene ring substituents is 1. The fourth-order valence-electron chi connectivity index (χ4n) is 2.24. The highest BCUT2D eigenvalue weighted by molar-refractivity contribution is 5.87. The number of rotatable bonds is 5. The molecule has 2 rings (SSSR count). The molecule has 0 amide bonds. The van der Waals surface area contributed by atoms with E-state index in [2.05, 4.69) is 4.90 Å². The second-order valence-electron chi connectivity index (χ2n) is 4.87. The van der Waals surface area contributed by atoms with E-state index >= 15 is 0 Å². The fraction of sp³-hybridized carbons (Fsp3) is 0.357. The number of anilines is 1. The van der Waals surface area contributed by atoms with Crippen LogP contribution in [0.25, 0.3) is 6.08 Å². The second-order valence-corrected chi connectivity index (χ2v) is 4.87. The monoisotopic (exact) mass is 276 g/mol. The predicted molar refractivity (Wildman–Crippen MR) is 75.8 cm³/mol. The van der Waals surface area contributed by atoms with Crippen LogP contribution in [-0.4, -0.2) is 29.1 Å². The zero-order valence-electron chi connectivity index (χ0n) is 11.2. The average molecular weight is 276 g/mol. The maximum Gasteiger partial charge on any atom is 0.328 e. The minimum Gasteiger partial charge on any atom is -0.478 e. The Bertz CT molecular complexity index is 564. The van der Waals surface area contributed by atoms with Crippen molar-refractivity contribution in [1.82, 2.24) is 0 Å². The largest absolute Gasteiger partial charge is 0.478 e. The number of hydrogen-bond donors (Lipinski definition) is 1. The van der Waals surface area contributed by atoms with Gasteiger partial charge in [-0.25, -0.2) is 4.79 Å². The maximum atomic E-state index is 10.8. The van der Waals surface area contributed by atoms with Gasteiger partial charge >= 0.3 is 5.97 Å². The molecule has 1 aromatic rings. The van der Waals surface area contributed by atoms with Gasteiger partial charge in [-0.2, -0.15) is 0 Å². The van der Waals surface area contributed by atoms with Crippen LogP contribution in [0.15, 0.2) is 24.3 Å². The zero-order chi connectivity index (χ0) is 14.7. The van der Waals surface area contributed by atoms with Crippen molar-refractivity contribution in [3.63, 3.8) is 0 Å². The smallest absolute Gasteiger partial charge is 0.328 e. The number of benzene rings is 1. The van der Waals surface area contributed by atoms with Gasteiger partial charge < -0.3 is 10.0 Å². The van der Waals surface area contributed by atoms with Crippen LogP contribution in [0.4, 0.5) is 11.4 Å². The van der Waals surface area contributed by atoms with Gasteiger partial charge in [0, 0.05) is 42.5 Å². The van der Waals surface area contributed by atoms with E-state index in [1.807, 2.05) is 7.05 Å². The number of nitro groups is 1. The van der Waals surface area contributed by atoms with Crippen molar-refractivity contribution in [3.05, 3.63) is 40.0 Å². The molecule has 1 aromatic carbocycles. The molecule has 1 aliphatic rings. The van der Waals surface area contributed by atoms with Crippen LogP contribution in [0.3, 0.4) is 0 Å². The Hall–Kier alpha value is -2.37. The molecule has 6 nitrogen and oxygen atoms in total. The van der Waals surface area contributed by atoms with Crippen LogP contribution in [0.5, 0.6) is 0 Å². The summed E-state index contributed by atoms with van der Waals surface area (Å²) < 4.78 is 0. The first-order chi connectivity index (χ1) is 9.49. The van der Waals surface area contributed by atoms with Gasteiger partial charge in [-0.1, -0.05) is 0 Å². The maximum absolute atomic E-state index is 10.8. The topological polar surface area (TPSA) is 83.7 Å². The van der Waals surface area contributed by atoms with Gasteiger partial charge in [0.15, 0.2) is 0 Å². The van der Waals surface area contributed by atoms with Crippen LogP contribution >= 0.6 is 0 Å². The van der Waals surface area contributed by atoms with E-state index in [9.17, 15) is 14.9 Å². The molecule has 106 valence electrons. The molecule has 20 heavy (non-hydrogen) atoms. The number of non-ortho nitro benzene ring substituents is 1. The van der Waals surface area contributed by atoms with Crippen molar-refractivity contribution in [2.24, 2.45) is 0 Å². The number of aliphatic carboxylic acids is 1. The molecule has 0 aliphatic heterocycles. The zero-order valence-corrected chi connectivity index (χ0v) is 11.2. The highest BCUT2D eigenvalue weighted by Crippen LogP contribution is 2.32. The Balaban J connectivity index is 2.38. The second kappa shape index (κ2) is 5.73. The van der Waals surface area contributed by atoms with Crippen molar-refractivity contribution in [3.8, 4) is 0 Å². The third kappa shape index (κ3) is 2.96. The highest BCUT2D eigenvalue weighted by atomic mass is 16.6. The molecular formula is C14H16N2O4. The van der Waals surface area contributed by atoms with E-state index in [1.165, 1.54) is 24.6 Å². The van der Waals surface area contributed by atoms with Gasteiger partial charge in [-0.15, -0.1) is 0 Å². The lowest BCUT2D eigenvalue weighted by Gasteiger charge is -2.37. The van der Waals surface area contributed by atoms with E-state index in [1.54, 1.807) is 6.07 Å². The lowest BCUT2D eigenvalue weighted by molar-refractivity contribution is -0.384. The molecule has 0 unspecified atom stereocenters. The van der Waals surface area contributed by atoms with Gasteiger partial charge in [0.05, 0.1) is 4.92 Å². The normalized spacial score (nSPS) is 15.1. The van der Waals surface area contributed by atoms with Gasteiger partial charge in [-0.05, 0) is 31.4 Å². The van der Waals surface area contributed by atoms with Gasteiger partial charge in [0.1, 0.15) is 0 Å². The SMILES string of the molecule is CN(c1ccc([N+](=O)[O-])cc1/C=C/C(=O)O)C1CCC1. The van der Waals surface area contributed by atoms with E-state index in [0.717, 1.165) is 24.6 Å². The first-order valence-corrected chi connectivity index (χ1v) is 6.41. The summed E-state index contributed by atoms with van der Waals surface area (Å²) in [5.41, 5.74) is 1.33. The van der Waals surface area contributed by atoms with Gasteiger partial charge in [0.2, 0.25) is 0 Å². The van der Waals surface area contributed by atoms with E-state index in [-0.39, 0.29) is 5.69 Å². The molecule has 0 radical (unpaired) electrons. The van der Waals surface area contributed by atoms with Crippen LogP contribution in [0.1, 0.15) is 24.8 Å². The third-order valence-corrected chi connectivity index (χ3v) is 3.63. The van der Waals surface area contributed by atoms with Gasteiger partial charge in [0.25, 0.3) is 5.69 Å². The van der Waals surface area contributed by atoms with Crippen molar-refractivity contribution < 1.29 is 14.8 Å². The van der Waals surface area contributed by atoms with E-state index < -0.39 is 10.9 Å². The molecule has 1 fully saturated rings. The Kier molecular flexibility index (Phi) is 4.02. The van der Waals surface area contributed by atoms with Crippen LogP contribution in [-0.2, 0) is 4.79 Å². The number of carbonyl (C=O) groups is 1. The lowest BCUT2D eigenvalue weighted by Crippen LogP contribution is -2.37.